The Bertz CT molecular complexity index is 577. The predicted octanol–water partition coefficient (Wildman–Crippen LogP) is 0.530. The molecule has 0 aliphatic heterocycles. The molecule has 0 amide bonds. The molecular weight excluding hydrogens is 210 g/mol. The highest BCUT2D eigenvalue weighted by Crippen LogP contribution is 2.13. The summed E-state index contributed by atoms with van der Waals surface area (Å²) in [5, 5.41) is 8.77. The maximum atomic E-state index is 11.1. The zero-order chi connectivity index (χ0) is 11.5. The zero-order valence-electron chi connectivity index (χ0n) is 8.04. The molecule has 0 saturated carbocycles. The van der Waals surface area contributed by atoms with Gasteiger partial charge in [0.1, 0.15) is 5.69 Å². The lowest BCUT2D eigenvalue weighted by atomic mass is 10.2. The average Bonchev–Trinajstić information content (AvgIpc) is 2.29. The summed E-state index contributed by atoms with van der Waals surface area (Å²) in [7, 11) is 0. The van der Waals surface area contributed by atoms with Gasteiger partial charge in [-0.25, -0.2) is 9.59 Å². The van der Waals surface area contributed by atoms with Crippen LogP contribution in [-0.4, -0.2) is 26.0 Å². The van der Waals surface area contributed by atoms with Crippen LogP contribution in [0.1, 0.15) is 10.5 Å². The normalized spacial score (nSPS) is 10.0. The third kappa shape index (κ3) is 1.95. The summed E-state index contributed by atoms with van der Waals surface area (Å²) < 4.78 is 0. The van der Waals surface area contributed by atoms with Crippen LogP contribution in [0.3, 0.4) is 0 Å². The average molecular weight is 217 g/mol. The number of rotatable bonds is 2. The number of carbonyl (C=O) groups is 1. The van der Waals surface area contributed by atoms with Gasteiger partial charge in [0, 0.05) is 18.0 Å². The minimum Gasteiger partial charge on any atom is -0.477 e. The molecule has 0 aliphatic carbocycles. The van der Waals surface area contributed by atoms with E-state index in [1.807, 2.05) is 0 Å². The largest absolute Gasteiger partial charge is 0.477 e. The van der Waals surface area contributed by atoms with Crippen molar-refractivity contribution >= 4 is 5.97 Å². The molecule has 0 aromatic carbocycles. The van der Waals surface area contributed by atoms with Gasteiger partial charge in [-0.1, -0.05) is 0 Å². The molecule has 2 aromatic heterocycles. The summed E-state index contributed by atoms with van der Waals surface area (Å²) in [6, 6.07) is 4.67. The van der Waals surface area contributed by atoms with Crippen molar-refractivity contribution in [3.63, 3.8) is 0 Å². The van der Waals surface area contributed by atoms with Crippen LogP contribution in [0.25, 0.3) is 11.3 Å². The lowest BCUT2D eigenvalue weighted by molar-refractivity contribution is 0.0690. The summed E-state index contributed by atoms with van der Waals surface area (Å²) in [4.78, 5) is 31.5. The predicted molar refractivity (Wildman–Crippen MR) is 55.0 cm³/mol. The number of H-pyrrole nitrogens is 1. The molecule has 0 unspecified atom stereocenters. The molecule has 0 fully saturated rings. The van der Waals surface area contributed by atoms with E-state index in [-0.39, 0.29) is 11.4 Å². The lowest BCUT2D eigenvalue weighted by Crippen LogP contribution is -2.16. The monoisotopic (exact) mass is 217 g/mol. The van der Waals surface area contributed by atoms with Crippen LogP contribution in [0.15, 0.2) is 35.4 Å². The molecule has 0 saturated heterocycles. The molecule has 0 radical (unpaired) electrons. The fourth-order valence-corrected chi connectivity index (χ4v) is 1.23. The van der Waals surface area contributed by atoms with E-state index in [0.717, 1.165) is 0 Å². The maximum Gasteiger partial charge on any atom is 0.352 e. The van der Waals surface area contributed by atoms with Crippen LogP contribution in [0, 0.1) is 0 Å². The Morgan fingerprint density at radius 1 is 1.44 bits per heavy atom. The first-order valence-electron chi connectivity index (χ1n) is 4.42. The Hall–Kier alpha value is -2.50. The number of hydrogen-bond donors (Lipinski definition) is 2. The highest BCUT2D eigenvalue weighted by Gasteiger charge is 2.08. The zero-order valence-corrected chi connectivity index (χ0v) is 8.04. The van der Waals surface area contributed by atoms with Crippen molar-refractivity contribution < 1.29 is 9.90 Å². The lowest BCUT2D eigenvalue weighted by Gasteiger charge is -2.00. The minimum atomic E-state index is -1.20. The molecule has 0 aliphatic rings. The number of carboxylic acid groups (broad SMARTS) is 1. The summed E-state index contributed by atoms with van der Waals surface area (Å²) in [6.45, 7) is 0. The van der Waals surface area contributed by atoms with Crippen molar-refractivity contribution in [1.82, 2.24) is 15.0 Å². The molecule has 2 aromatic rings. The Balaban J connectivity index is 2.58. The maximum absolute atomic E-state index is 11.1. The number of aromatic amines is 1. The third-order valence-electron chi connectivity index (χ3n) is 1.93. The minimum absolute atomic E-state index is 0.196. The van der Waals surface area contributed by atoms with Crippen LogP contribution in [0.5, 0.6) is 0 Å². The number of carboxylic acids is 1. The second-order valence-corrected chi connectivity index (χ2v) is 3.03. The van der Waals surface area contributed by atoms with Crippen LogP contribution in [0.4, 0.5) is 0 Å². The van der Waals surface area contributed by atoms with E-state index < -0.39 is 11.7 Å². The molecule has 6 nitrogen and oxygen atoms in total. The molecule has 2 heterocycles. The Kier molecular flexibility index (Phi) is 2.47. The van der Waals surface area contributed by atoms with E-state index in [9.17, 15) is 9.59 Å². The molecule has 0 spiro atoms. The Morgan fingerprint density at radius 3 is 2.88 bits per heavy atom. The Labute approximate surface area is 89.6 Å². The van der Waals surface area contributed by atoms with Crippen LogP contribution >= 0.6 is 0 Å². The molecule has 6 heteroatoms. The van der Waals surface area contributed by atoms with Crippen molar-refractivity contribution in [2.75, 3.05) is 0 Å². The third-order valence-corrected chi connectivity index (χ3v) is 1.93. The quantitative estimate of drug-likeness (QED) is 0.764. The first-order chi connectivity index (χ1) is 7.66. The highest BCUT2D eigenvalue weighted by atomic mass is 16.4. The molecule has 80 valence electrons. The number of aromatic nitrogens is 3. The topological polar surface area (TPSA) is 95.9 Å². The van der Waals surface area contributed by atoms with Crippen LogP contribution in [0.2, 0.25) is 0 Å². The van der Waals surface area contributed by atoms with E-state index in [1.54, 1.807) is 18.3 Å². The molecular formula is C10H7N3O3. The van der Waals surface area contributed by atoms with E-state index in [0.29, 0.717) is 5.56 Å². The summed E-state index contributed by atoms with van der Waals surface area (Å²) >= 11 is 0. The van der Waals surface area contributed by atoms with E-state index >= 15 is 0 Å². The van der Waals surface area contributed by atoms with Crippen molar-refractivity contribution in [3.8, 4) is 11.3 Å². The molecule has 16 heavy (non-hydrogen) atoms. The van der Waals surface area contributed by atoms with Gasteiger partial charge in [-0.3, -0.25) is 9.97 Å². The Morgan fingerprint density at radius 2 is 2.25 bits per heavy atom. The SMILES string of the molecule is O=C(O)c1cc(-c2cccnc2)nc(=O)[nH]1. The van der Waals surface area contributed by atoms with Gasteiger partial charge in [0.25, 0.3) is 0 Å². The summed E-state index contributed by atoms with van der Waals surface area (Å²) in [5.74, 6) is -1.20. The van der Waals surface area contributed by atoms with Gasteiger partial charge in [0.15, 0.2) is 0 Å². The molecule has 2 N–H and O–H groups in total. The number of aromatic carboxylic acids is 1. The second kappa shape index (κ2) is 3.93. The fourth-order valence-electron chi connectivity index (χ4n) is 1.23. The fraction of sp³-hybridized carbons (Fsp3) is 0. The summed E-state index contributed by atoms with van der Waals surface area (Å²) in [5.41, 5.74) is -0.0112. The van der Waals surface area contributed by atoms with Gasteiger partial charge in [-0.05, 0) is 18.2 Å². The summed E-state index contributed by atoms with van der Waals surface area (Å²) in [6.07, 6.45) is 3.09. The van der Waals surface area contributed by atoms with Gasteiger partial charge in [0.2, 0.25) is 0 Å². The van der Waals surface area contributed by atoms with Gasteiger partial charge in [0.05, 0.1) is 5.69 Å². The first-order valence-corrected chi connectivity index (χ1v) is 4.42. The van der Waals surface area contributed by atoms with Gasteiger partial charge in [-0.15, -0.1) is 0 Å². The molecule has 0 bridgehead atoms. The number of nitrogens with one attached hydrogen (secondary N) is 1. The number of pyridine rings is 1. The van der Waals surface area contributed by atoms with Crippen LogP contribution in [-0.2, 0) is 0 Å². The van der Waals surface area contributed by atoms with Gasteiger partial charge in [-0.2, -0.15) is 4.98 Å². The standard InChI is InChI=1S/C10H7N3O3/c14-9(15)8-4-7(12-10(16)13-8)6-2-1-3-11-5-6/h1-5H,(H,14,15)(H,12,13,16). The first kappa shape index (κ1) is 10.0. The van der Waals surface area contributed by atoms with Crippen molar-refractivity contribution in [3.05, 3.63) is 46.8 Å². The van der Waals surface area contributed by atoms with Gasteiger partial charge < -0.3 is 5.11 Å². The number of nitrogens with zero attached hydrogens (tertiary/aromatic N) is 2. The molecule has 2 rings (SSSR count). The molecule has 0 atom stereocenters. The van der Waals surface area contributed by atoms with E-state index in [2.05, 4.69) is 15.0 Å². The van der Waals surface area contributed by atoms with Crippen molar-refractivity contribution in [1.29, 1.82) is 0 Å². The highest BCUT2D eigenvalue weighted by molar-refractivity contribution is 5.86. The van der Waals surface area contributed by atoms with E-state index in [1.165, 1.54) is 12.3 Å². The van der Waals surface area contributed by atoms with Crippen molar-refractivity contribution in [2.24, 2.45) is 0 Å². The van der Waals surface area contributed by atoms with Gasteiger partial charge >= 0.3 is 11.7 Å². The van der Waals surface area contributed by atoms with Crippen LogP contribution < -0.4 is 5.69 Å². The van der Waals surface area contributed by atoms with E-state index in [4.69, 9.17) is 5.11 Å². The smallest absolute Gasteiger partial charge is 0.352 e. The van der Waals surface area contributed by atoms with Crippen molar-refractivity contribution in [2.45, 2.75) is 0 Å². The second-order valence-electron chi connectivity index (χ2n) is 3.03. The number of hydrogen-bond acceptors (Lipinski definition) is 4.